The molecule has 150 valence electrons. The SMILES string of the molecule is C[C@@H]1CCCC[C@@H]1NC(=O)NC(=O)CSc1nnc(-c2ccc(Cl)cc2)n1C. The molecule has 1 aromatic heterocycles. The summed E-state index contributed by atoms with van der Waals surface area (Å²) in [5, 5.41) is 14.9. The van der Waals surface area contributed by atoms with Gasteiger partial charge in [0, 0.05) is 23.7 Å². The molecule has 0 spiro atoms. The molecule has 7 nitrogen and oxygen atoms in total. The van der Waals surface area contributed by atoms with Gasteiger partial charge in [0.05, 0.1) is 5.75 Å². The van der Waals surface area contributed by atoms with Crippen molar-refractivity contribution in [3.63, 3.8) is 0 Å². The highest BCUT2D eigenvalue weighted by Crippen LogP contribution is 2.24. The van der Waals surface area contributed by atoms with Crippen molar-refractivity contribution in [3.05, 3.63) is 29.3 Å². The summed E-state index contributed by atoms with van der Waals surface area (Å²) < 4.78 is 1.81. The quantitative estimate of drug-likeness (QED) is 0.719. The molecule has 0 radical (unpaired) electrons. The third kappa shape index (κ3) is 5.26. The molecule has 3 amide bonds. The molecule has 1 saturated carbocycles. The van der Waals surface area contributed by atoms with Crippen LogP contribution in [0.4, 0.5) is 4.79 Å². The third-order valence-electron chi connectivity index (χ3n) is 4.95. The summed E-state index contributed by atoms with van der Waals surface area (Å²) in [6, 6.07) is 7.02. The van der Waals surface area contributed by atoms with Crippen LogP contribution in [0, 0.1) is 5.92 Å². The molecule has 2 atom stereocenters. The monoisotopic (exact) mass is 421 g/mol. The van der Waals surface area contributed by atoms with E-state index in [9.17, 15) is 9.59 Å². The molecule has 9 heteroatoms. The Bertz CT molecular complexity index is 839. The molecule has 2 N–H and O–H groups in total. The zero-order chi connectivity index (χ0) is 20.1. The number of carbonyl (C=O) groups excluding carboxylic acids is 2. The molecule has 1 heterocycles. The van der Waals surface area contributed by atoms with Crippen LogP contribution in [0.15, 0.2) is 29.4 Å². The van der Waals surface area contributed by atoms with E-state index < -0.39 is 6.03 Å². The molecule has 3 rings (SSSR count). The van der Waals surface area contributed by atoms with Gasteiger partial charge in [-0.05, 0) is 43.0 Å². The maximum absolute atomic E-state index is 12.1. The fourth-order valence-corrected chi connectivity index (χ4v) is 4.16. The number of aromatic nitrogens is 3. The van der Waals surface area contributed by atoms with Crippen molar-refractivity contribution in [2.45, 2.75) is 43.8 Å². The van der Waals surface area contributed by atoms with E-state index in [0.717, 1.165) is 24.8 Å². The lowest BCUT2D eigenvalue weighted by atomic mass is 9.86. The average molecular weight is 422 g/mol. The van der Waals surface area contributed by atoms with Crippen LogP contribution in [0.5, 0.6) is 0 Å². The number of carbonyl (C=O) groups is 2. The summed E-state index contributed by atoms with van der Waals surface area (Å²) in [5.41, 5.74) is 0.886. The van der Waals surface area contributed by atoms with E-state index in [1.165, 1.54) is 18.2 Å². The van der Waals surface area contributed by atoms with Crippen molar-refractivity contribution in [3.8, 4) is 11.4 Å². The number of benzene rings is 1. The van der Waals surface area contributed by atoms with Gasteiger partial charge in [-0.15, -0.1) is 10.2 Å². The van der Waals surface area contributed by atoms with Crippen LogP contribution < -0.4 is 10.6 Å². The van der Waals surface area contributed by atoms with Crippen molar-refractivity contribution >= 4 is 35.3 Å². The molecular weight excluding hydrogens is 398 g/mol. The zero-order valence-corrected chi connectivity index (χ0v) is 17.5. The second-order valence-corrected chi connectivity index (χ2v) is 8.43. The van der Waals surface area contributed by atoms with Gasteiger partial charge >= 0.3 is 6.03 Å². The fourth-order valence-electron chi connectivity index (χ4n) is 3.32. The van der Waals surface area contributed by atoms with Gasteiger partial charge in [0.2, 0.25) is 5.91 Å². The standard InChI is InChI=1S/C19H24ClN5O2S/c1-12-5-3-4-6-15(12)21-18(27)22-16(26)11-28-19-24-23-17(25(19)2)13-7-9-14(20)10-8-13/h7-10,12,15H,3-6,11H2,1-2H3,(H2,21,22,26,27)/t12-,15+/m1/s1. The number of rotatable bonds is 5. The number of nitrogens with one attached hydrogen (secondary N) is 2. The van der Waals surface area contributed by atoms with Crippen LogP contribution in [0.1, 0.15) is 32.6 Å². The van der Waals surface area contributed by atoms with Crippen LogP contribution in [-0.4, -0.2) is 38.5 Å². The second-order valence-electron chi connectivity index (χ2n) is 7.05. The molecule has 1 aliphatic rings. The summed E-state index contributed by atoms with van der Waals surface area (Å²) in [7, 11) is 1.83. The predicted octanol–water partition coefficient (Wildman–Crippen LogP) is 3.63. The van der Waals surface area contributed by atoms with Gasteiger partial charge in [0.15, 0.2) is 11.0 Å². The summed E-state index contributed by atoms with van der Waals surface area (Å²) >= 11 is 7.15. The Hall–Kier alpha value is -2.06. The number of imide groups is 1. The summed E-state index contributed by atoms with van der Waals surface area (Å²) in [4.78, 5) is 24.2. The Morgan fingerprint density at radius 3 is 2.64 bits per heavy atom. The molecule has 2 aromatic rings. The second kappa shape index (κ2) is 9.43. The van der Waals surface area contributed by atoms with E-state index in [4.69, 9.17) is 11.6 Å². The Labute approximate surface area is 173 Å². The summed E-state index contributed by atoms with van der Waals surface area (Å²) in [6.45, 7) is 2.13. The van der Waals surface area contributed by atoms with Crippen molar-refractivity contribution in [2.75, 3.05) is 5.75 Å². The molecule has 0 bridgehead atoms. The summed E-state index contributed by atoms with van der Waals surface area (Å²) in [6.07, 6.45) is 4.38. The summed E-state index contributed by atoms with van der Waals surface area (Å²) in [5.74, 6) is 0.847. The number of nitrogens with zero attached hydrogens (tertiary/aromatic N) is 3. The van der Waals surface area contributed by atoms with E-state index in [0.29, 0.717) is 21.9 Å². The predicted molar refractivity (Wildman–Crippen MR) is 110 cm³/mol. The lowest BCUT2D eigenvalue weighted by Gasteiger charge is -2.29. The highest BCUT2D eigenvalue weighted by atomic mass is 35.5. The van der Waals surface area contributed by atoms with Crippen LogP contribution >= 0.6 is 23.4 Å². The first-order valence-electron chi connectivity index (χ1n) is 9.32. The van der Waals surface area contributed by atoms with Crippen LogP contribution in [0.3, 0.4) is 0 Å². The molecule has 0 saturated heterocycles. The van der Waals surface area contributed by atoms with E-state index >= 15 is 0 Å². The Balaban J connectivity index is 1.50. The Morgan fingerprint density at radius 1 is 1.21 bits per heavy atom. The first-order chi connectivity index (χ1) is 13.4. The molecule has 0 aliphatic heterocycles. The van der Waals surface area contributed by atoms with Gasteiger partial charge in [-0.2, -0.15) is 0 Å². The normalized spacial score (nSPS) is 19.2. The minimum Gasteiger partial charge on any atom is -0.335 e. The first kappa shape index (κ1) is 20.7. The zero-order valence-electron chi connectivity index (χ0n) is 15.9. The van der Waals surface area contributed by atoms with Crippen LogP contribution in [-0.2, 0) is 11.8 Å². The lowest BCUT2D eigenvalue weighted by Crippen LogP contribution is -2.48. The van der Waals surface area contributed by atoms with Crippen LogP contribution in [0.25, 0.3) is 11.4 Å². The van der Waals surface area contributed by atoms with Gasteiger partial charge in [-0.3, -0.25) is 10.1 Å². The van der Waals surface area contributed by atoms with Gasteiger partial charge in [0.1, 0.15) is 0 Å². The highest BCUT2D eigenvalue weighted by Gasteiger charge is 2.23. The van der Waals surface area contributed by atoms with Gasteiger partial charge in [-0.1, -0.05) is 43.1 Å². The Morgan fingerprint density at radius 2 is 1.93 bits per heavy atom. The molecule has 1 fully saturated rings. The van der Waals surface area contributed by atoms with Crippen molar-refractivity contribution in [2.24, 2.45) is 13.0 Å². The number of urea groups is 1. The molecule has 1 aliphatic carbocycles. The fraction of sp³-hybridized carbons (Fsp3) is 0.474. The number of halogens is 1. The van der Waals surface area contributed by atoms with Gasteiger partial charge in [-0.25, -0.2) is 4.79 Å². The molecule has 0 unspecified atom stereocenters. The number of hydrogen-bond donors (Lipinski definition) is 2. The van der Waals surface area contributed by atoms with Crippen LogP contribution in [0.2, 0.25) is 5.02 Å². The van der Waals surface area contributed by atoms with E-state index in [2.05, 4.69) is 27.8 Å². The van der Waals surface area contributed by atoms with E-state index in [-0.39, 0.29) is 17.7 Å². The maximum atomic E-state index is 12.1. The largest absolute Gasteiger partial charge is 0.335 e. The lowest BCUT2D eigenvalue weighted by molar-refractivity contribution is -0.117. The molecule has 28 heavy (non-hydrogen) atoms. The minimum atomic E-state index is -0.427. The minimum absolute atomic E-state index is 0.0836. The topological polar surface area (TPSA) is 88.9 Å². The molecule has 1 aromatic carbocycles. The van der Waals surface area contributed by atoms with E-state index in [1.807, 2.05) is 23.7 Å². The first-order valence-corrected chi connectivity index (χ1v) is 10.7. The van der Waals surface area contributed by atoms with Gasteiger partial charge in [0.25, 0.3) is 0 Å². The van der Waals surface area contributed by atoms with Gasteiger partial charge < -0.3 is 9.88 Å². The highest BCUT2D eigenvalue weighted by molar-refractivity contribution is 7.99. The number of thioether (sulfide) groups is 1. The number of hydrogen-bond acceptors (Lipinski definition) is 5. The van der Waals surface area contributed by atoms with Crippen molar-refractivity contribution in [1.82, 2.24) is 25.4 Å². The maximum Gasteiger partial charge on any atom is 0.321 e. The third-order valence-corrected chi connectivity index (χ3v) is 6.22. The van der Waals surface area contributed by atoms with E-state index in [1.54, 1.807) is 12.1 Å². The average Bonchev–Trinajstić information content (AvgIpc) is 3.03. The number of amides is 3. The Kier molecular flexibility index (Phi) is 6.96. The smallest absolute Gasteiger partial charge is 0.321 e. The molecular formula is C19H24ClN5O2S. The van der Waals surface area contributed by atoms with Crippen molar-refractivity contribution in [1.29, 1.82) is 0 Å². The van der Waals surface area contributed by atoms with Crippen molar-refractivity contribution < 1.29 is 9.59 Å².